The molecule has 0 aliphatic carbocycles. The van der Waals surface area contributed by atoms with E-state index in [0.29, 0.717) is 56.0 Å². The summed E-state index contributed by atoms with van der Waals surface area (Å²) in [6, 6.07) is 5.13. The van der Waals surface area contributed by atoms with Crippen molar-refractivity contribution < 1.29 is 23.9 Å². The maximum Gasteiger partial charge on any atom is 0.410 e. The van der Waals surface area contributed by atoms with Crippen molar-refractivity contribution in [3.05, 3.63) is 23.8 Å². The predicted octanol–water partition coefficient (Wildman–Crippen LogP) is 2.67. The molecule has 2 fully saturated rings. The standard InChI is InChI=1S/C24H36N4O5/c1-24(2,3)33-23(31)28-10-8-17(9-11-28)21(29)25-19-16-18(6-7-20(19)32-5)22(30)27-14-12-26(4)13-15-27/h6-7,16-17H,8-15H2,1-5H3,(H,25,29). The molecule has 33 heavy (non-hydrogen) atoms. The fourth-order valence-electron chi connectivity index (χ4n) is 4.02. The monoisotopic (exact) mass is 460 g/mol. The fourth-order valence-corrected chi connectivity index (χ4v) is 4.02. The first-order valence-electron chi connectivity index (χ1n) is 11.5. The summed E-state index contributed by atoms with van der Waals surface area (Å²) in [5, 5.41) is 2.94. The number of piperazine rings is 1. The molecular formula is C24H36N4O5. The molecule has 2 saturated heterocycles. The van der Waals surface area contributed by atoms with Gasteiger partial charge in [-0.15, -0.1) is 0 Å². The van der Waals surface area contributed by atoms with E-state index in [1.165, 1.54) is 7.11 Å². The molecule has 1 aromatic rings. The average Bonchev–Trinajstić information content (AvgIpc) is 2.78. The molecule has 3 rings (SSSR count). The number of hydrogen-bond donors (Lipinski definition) is 1. The van der Waals surface area contributed by atoms with Crippen molar-refractivity contribution in [2.24, 2.45) is 5.92 Å². The molecule has 3 amide bonds. The number of anilines is 1. The molecular weight excluding hydrogens is 424 g/mol. The van der Waals surface area contributed by atoms with Crippen LogP contribution >= 0.6 is 0 Å². The van der Waals surface area contributed by atoms with Crippen LogP contribution in [0.3, 0.4) is 0 Å². The molecule has 182 valence electrons. The lowest BCUT2D eigenvalue weighted by Crippen LogP contribution is -2.47. The summed E-state index contributed by atoms with van der Waals surface area (Å²) >= 11 is 0. The van der Waals surface area contributed by atoms with Gasteiger partial charge < -0.3 is 29.5 Å². The molecule has 1 aromatic carbocycles. The highest BCUT2D eigenvalue weighted by Gasteiger charge is 2.30. The summed E-state index contributed by atoms with van der Waals surface area (Å²) in [6.07, 6.45) is 0.749. The highest BCUT2D eigenvalue weighted by atomic mass is 16.6. The molecule has 0 bridgehead atoms. The fraction of sp³-hybridized carbons (Fsp3) is 0.625. The molecule has 2 aliphatic rings. The third kappa shape index (κ3) is 6.60. The van der Waals surface area contributed by atoms with Gasteiger partial charge in [0, 0.05) is 50.7 Å². The molecule has 2 aliphatic heterocycles. The van der Waals surface area contributed by atoms with Crippen LogP contribution in [0, 0.1) is 5.92 Å². The second-order valence-electron chi connectivity index (χ2n) is 9.74. The zero-order valence-corrected chi connectivity index (χ0v) is 20.3. The first-order valence-corrected chi connectivity index (χ1v) is 11.5. The Hall–Kier alpha value is -2.81. The quantitative estimate of drug-likeness (QED) is 0.743. The number of nitrogens with zero attached hydrogens (tertiary/aromatic N) is 3. The lowest BCUT2D eigenvalue weighted by Gasteiger charge is -2.33. The number of likely N-dealkylation sites (N-methyl/N-ethyl adjacent to an activating group) is 1. The molecule has 2 heterocycles. The van der Waals surface area contributed by atoms with Gasteiger partial charge in [0.05, 0.1) is 12.8 Å². The number of amides is 3. The molecule has 0 saturated carbocycles. The Morgan fingerprint density at radius 2 is 1.61 bits per heavy atom. The maximum absolute atomic E-state index is 13.0. The Morgan fingerprint density at radius 3 is 2.18 bits per heavy atom. The van der Waals surface area contributed by atoms with E-state index in [2.05, 4.69) is 10.2 Å². The summed E-state index contributed by atoms with van der Waals surface area (Å²) < 4.78 is 10.8. The Morgan fingerprint density at radius 1 is 0.970 bits per heavy atom. The first-order chi connectivity index (χ1) is 15.6. The Bertz CT molecular complexity index is 866. The lowest BCUT2D eigenvalue weighted by atomic mass is 9.96. The minimum atomic E-state index is -0.547. The summed E-state index contributed by atoms with van der Waals surface area (Å²) in [4.78, 5) is 43.8. The van der Waals surface area contributed by atoms with Crippen LogP contribution in [0.1, 0.15) is 44.0 Å². The van der Waals surface area contributed by atoms with Gasteiger partial charge in [-0.2, -0.15) is 0 Å². The van der Waals surface area contributed by atoms with Crippen molar-refractivity contribution in [1.29, 1.82) is 0 Å². The van der Waals surface area contributed by atoms with Crippen molar-refractivity contribution >= 4 is 23.6 Å². The number of carbonyl (C=O) groups is 3. The van der Waals surface area contributed by atoms with Crippen molar-refractivity contribution in [2.45, 2.75) is 39.2 Å². The predicted molar refractivity (Wildman–Crippen MR) is 126 cm³/mol. The Balaban J connectivity index is 1.62. The van der Waals surface area contributed by atoms with Gasteiger partial charge in [0.25, 0.3) is 5.91 Å². The van der Waals surface area contributed by atoms with Crippen LogP contribution in [0.4, 0.5) is 10.5 Å². The molecule has 0 unspecified atom stereocenters. The van der Waals surface area contributed by atoms with Gasteiger partial charge in [-0.25, -0.2) is 4.79 Å². The molecule has 0 spiro atoms. The van der Waals surface area contributed by atoms with E-state index in [1.807, 2.05) is 32.7 Å². The number of likely N-dealkylation sites (tertiary alicyclic amines) is 1. The van der Waals surface area contributed by atoms with E-state index in [0.717, 1.165) is 13.1 Å². The normalized spacial score (nSPS) is 18.1. The minimum Gasteiger partial charge on any atom is -0.495 e. The topological polar surface area (TPSA) is 91.4 Å². The Kier molecular flexibility index (Phi) is 7.84. The van der Waals surface area contributed by atoms with Gasteiger partial charge in [-0.1, -0.05) is 0 Å². The highest BCUT2D eigenvalue weighted by Crippen LogP contribution is 2.28. The van der Waals surface area contributed by atoms with Crippen molar-refractivity contribution in [3.63, 3.8) is 0 Å². The van der Waals surface area contributed by atoms with Gasteiger partial charge in [-0.3, -0.25) is 9.59 Å². The Labute approximate surface area is 196 Å². The molecule has 1 N–H and O–H groups in total. The number of rotatable bonds is 4. The van der Waals surface area contributed by atoms with Crippen LogP contribution in [0.5, 0.6) is 5.75 Å². The summed E-state index contributed by atoms with van der Waals surface area (Å²) in [5.41, 5.74) is 0.460. The number of nitrogens with one attached hydrogen (secondary N) is 1. The lowest BCUT2D eigenvalue weighted by molar-refractivity contribution is -0.121. The smallest absolute Gasteiger partial charge is 0.410 e. The number of methoxy groups -OCH3 is 1. The largest absolute Gasteiger partial charge is 0.495 e. The third-order valence-corrected chi connectivity index (χ3v) is 6.01. The van der Waals surface area contributed by atoms with Crippen molar-refractivity contribution in [1.82, 2.24) is 14.7 Å². The minimum absolute atomic E-state index is 0.0491. The molecule has 9 heteroatoms. The average molecular weight is 461 g/mol. The van der Waals surface area contributed by atoms with Crippen molar-refractivity contribution in [3.8, 4) is 5.75 Å². The van der Waals surface area contributed by atoms with E-state index in [9.17, 15) is 14.4 Å². The van der Waals surface area contributed by atoms with Crippen LogP contribution in [-0.4, -0.2) is 91.6 Å². The first kappa shape index (κ1) is 24.8. The van der Waals surface area contributed by atoms with Crippen LogP contribution in [-0.2, 0) is 9.53 Å². The number of piperidine rings is 1. The van der Waals surface area contributed by atoms with Gasteiger partial charge in [0.1, 0.15) is 11.4 Å². The third-order valence-electron chi connectivity index (χ3n) is 6.01. The number of ether oxygens (including phenoxy) is 2. The zero-order chi connectivity index (χ0) is 24.2. The summed E-state index contributed by atoms with van der Waals surface area (Å²) in [6.45, 7) is 9.47. The van der Waals surface area contributed by atoms with Gasteiger partial charge in [0.15, 0.2) is 0 Å². The van der Waals surface area contributed by atoms with Gasteiger partial charge in [0.2, 0.25) is 5.91 Å². The SMILES string of the molecule is COc1ccc(C(=O)N2CCN(C)CC2)cc1NC(=O)C1CCN(C(=O)OC(C)(C)C)CC1. The van der Waals surface area contributed by atoms with E-state index < -0.39 is 5.60 Å². The number of benzene rings is 1. The van der Waals surface area contributed by atoms with Crippen LogP contribution in [0.15, 0.2) is 18.2 Å². The van der Waals surface area contributed by atoms with E-state index >= 15 is 0 Å². The van der Waals surface area contributed by atoms with E-state index in [-0.39, 0.29) is 23.8 Å². The maximum atomic E-state index is 13.0. The van der Waals surface area contributed by atoms with E-state index in [4.69, 9.17) is 9.47 Å². The van der Waals surface area contributed by atoms with Crippen molar-refractivity contribution in [2.75, 3.05) is 58.7 Å². The highest BCUT2D eigenvalue weighted by molar-refractivity contribution is 5.99. The van der Waals surface area contributed by atoms with Crippen LogP contribution in [0.2, 0.25) is 0 Å². The molecule has 9 nitrogen and oxygen atoms in total. The van der Waals surface area contributed by atoms with Gasteiger partial charge >= 0.3 is 6.09 Å². The van der Waals surface area contributed by atoms with Gasteiger partial charge in [-0.05, 0) is 58.9 Å². The molecule has 0 radical (unpaired) electrons. The zero-order valence-electron chi connectivity index (χ0n) is 20.3. The summed E-state index contributed by atoms with van der Waals surface area (Å²) in [5.74, 6) is 0.0862. The second kappa shape index (κ2) is 10.4. The number of carbonyl (C=O) groups excluding carboxylic acids is 3. The summed E-state index contributed by atoms with van der Waals surface area (Å²) in [7, 11) is 3.58. The molecule has 0 atom stereocenters. The number of hydrogen-bond acceptors (Lipinski definition) is 6. The second-order valence-corrected chi connectivity index (χ2v) is 9.74. The van der Waals surface area contributed by atoms with E-state index in [1.54, 1.807) is 23.1 Å². The van der Waals surface area contributed by atoms with Crippen LogP contribution < -0.4 is 10.1 Å². The molecule has 0 aromatic heterocycles. The van der Waals surface area contributed by atoms with Crippen LogP contribution in [0.25, 0.3) is 0 Å².